The van der Waals surface area contributed by atoms with Crippen molar-refractivity contribution in [3.63, 3.8) is 0 Å². The van der Waals surface area contributed by atoms with Crippen LogP contribution in [0.15, 0.2) is 36.4 Å². The molecule has 0 aliphatic carbocycles. The van der Waals surface area contributed by atoms with Gasteiger partial charge in [-0.2, -0.15) is 0 Å². The van der Waals surface area contributed by atoms with Crippen LogP contribution in [-0.2, 0) is 17.7 Å². The monoisotopic (exact) mass is 289 g/mol. The molecule has 0 unspecified atom stereocenters. The third kappa shape index (κ3) is 4.17. The van der Waals surface area contributed by atoms with E-state index in [0.717, 1.165) is 26.1 Å². The minimum absolute atomic E-state index is 0.771. The molecule has 0 bridgehead atoms. The summed E-state index contributed by atoms with van der Waals surface area (Å²) >= 11 is 1.88. The lowest BCUT2D eigenvalue weighted by Crippen LogP contribution is -2.12. The maximum atomic E-state index is 5.20. The number of benzene rings is 1. The molecular weight excluding hydrogens is 266 g/mol. The second-order valence-corrected chi connectivity index (χ2v) is 6.01. The molecule has 0 spiro atoms. The highest BCUT2D eigenvalue weighted by Crippen LogP contribution is 2.31. The number of hydrogen-bond acceptors (Lipinski definition) is 3. The second kappa shape index (κ2) is 8.20. The highest BCUT2D eigenvalue weighted by molar-refractivity contribution is 7.15. The van der Waals surface area contributed by atoms with E-state index in [1.807, 2.05) is 11.3 Å². The normalized spacial score (nSPS) is 10.9. The fraction of sp³-hybridized carbons (Fsp3) is 0.412. The zero-order valence-electron chi connectivity index (χ0n) is 12.3. The van der Waals surface area contributed by atoms with Gasteiger partial charge in [-0.25, -0.2) is 0 Å². The van der Waals surface area contributed by atoms with Crippen LogP contribution in [0, 0.1) is 0 Å². The third-order valence-electron chi connectivity index (χ3n) is 3.25. The topological polar surface area (TPSA) is 21.3 Å². The Hall–Kier alpha value is -1.16. The fourth-order valence-electron chi connectivity index (χ4n) is 2.20. The van der Waals surface area contributed by atoms with Gasteiger partial charge in [0.2, 0.25) is 0 Å². The van der Waals surface area contributed by atoms with E-state index >= 15 is 0 Å². The quantitative estimate of drug-likeness (QED) is 0.739. The first kappa shape index (κ1) is 15.2. The summed E-state index contributed by atoms with van der Waals surface area (Å²) < 4.78 is 5.20. The molecule has 1 N–H and O–H groups in total. The fourth-order valence-corrected chi connectivity index (χ4v) is 3.23. The van der Waals surface area contributed by atoms with Gasteiger partial charge < -0.3 is 10.1 Å². The van der Waals surface area contributed by atoms with Crippen molar-refractivity contribution >= 4 is 11.3 Å². The maximum Gasteiger partial charge on any atom is 0.0502 e. The predicted octanol–water partition coefficient (Wildman–Crippen LogP) is 4.10. The predicted molar refractivity (Wildman–Crippen MR) is 87.3 cm³/mol. The van der Waals surface area contributed by atoms with Crippen molar-refractivity contribution in [2.24, 2.45) is 0 Å². The average Bonchev–Trinajstić information content (AvgIpc) is 2.94. The molecular formula is C17H23NOS. The van der Waals surface area contributed by atoms with Crippen LogP contribution < -0.4 is 5.32 Å². The molecule has 0 amide bonds. The summed E-state index contributed by atoms with van der Waals surface area (Å²) in [5.74, 6) is 0. The Bertz CT molecular complexity index is 521. The molecule has 0 saturated heterocycles. The first-order valence-corrected chi connectivity index (χ1v) is 8.03. The van der Waals surface area contributed by atoms with Crippen molar-refractivity contribution in [1.82, 2.24) is 5.32 Å². The van der Waals surface area contributed by atoms with E-state index in [2.05, 4.69) is 48.6 Å². The summed E-state index contributed by atoms with van der Waals surface area (Å²) in [5, 5.41) is 3.46. The minimum Gasteiger partial charge on any atom is -0.384 e. The number of thiophene rings is 1. The number of hydrogen-bond donors (Lipinski definition) is 1. The van der Waals surface area contributed by atoms with E-state index in [9.17, 15) is 0 Å². The van der Waals surface area contributed by atoms with Crippen molar-refractivity contribution in [2.75, 3.05) is 20.3 Å². The average molecular weight is 289 g/mol. The van der Waals surface area contributed by atoms with Gasteiger partial charge in [0.1, 0.15) is 0 Å². The van der Waals surface area contributed by atoms with E-state index < -0.39 is 0 Å². The molecule has 1 aromatic carbocycles. The third-order valence-corrected chi connectivity index (χ3v) is 4.36. The Morgan fingerprint density at radius 1 is 1.15 bits per heavy atom. The lowest BCUT2D eigenvalue weighted by Gasteiger charge is -2.07. The van der Waals surface area contributed by atoms with Crippen LogP contribution in [0.4, 0.5) is 0 Å². The minimum atomic E-state index is 0.771. The molecule has 2 rings (SSSR count). The standard InChI is InChI=1S/C17H23NOS/c1-3-11-18-13-15-8-9-17(20-15)16-7-5-4-6-14(16)10-12-19-2/h4-9,18H,3,10-13H2,1-2H3. The molecule has 0 atom stereocenters. The lowest BCUT2D eigenvalue weighted by atomic mass is 10.0. The maximum absolute atomic E-state index is 5.20. The Morgan fingerprint density at radius 2 is 2.00 bits per heavy atom. The molecule has 0 aliphatic heterocycles. The summed E-state index contributed by atoms with van der Waals surface area (Å²) in [6, 6.07) is 13.1. The van der Waals surface area contributed by atoms with Crippen molar-refractivity contribution in [3.05, 3.63) is 46.8 Å². The van der Waals surface area contributed by atoms with Gasteiger partial charge in [-0.15, -0.1) is 11.3 Å². The van der Waals surface area contributed by atoms with Crippen LogP contribution in [0.1, 0.15) is 23.8 Å². The first-order valence-electron chi connectivity index (χ1n) is 7.21. The number of methoxy groups -OCH3 is 1. The van der Waals surface area contributed by atoms with Gasteiger partial charge in [0.05, 0.1) is 6.61 Å². The van der Waals surface area contributed by atoms with E-state index in [1.165, 1.54) is 27.3 Å². The van der Waals surface area contributed by atoms with Gasteiger partial charge in [0.25, 0.3) is 0 Å². The Balaban J connectivity index is 2.11. The van der Waals surface area contributed by atoms with Crippen LogP contribution >= 0.6 is 11.3 Å². The first-order chi connectivity index (χ1) is 9.85. The van der Waals surface area contributed by atoms with Gasteiger partial charge in [0.15, 0.2) is 0 Å². The van der Waals surface area contributed by atoms with E-state index in [0.29, 0.717) is 0 Å². The summed E-state index contributed by atoms with van der Waals surface area (Å²) in [6.07, 6.45) is 2.14. The van der Waals surface area contributed by atoms with Crippen LogP contribution in [-0.4, -0.2) is 20.3 Å². The van der Waals surface area contributed by atoms with Crippen molar-refractivity contribution in [1.29, 1.82) is 0 Å². The molecule has 20 heavy (non-hydrogen) atoms. The second-order valence-electron chi connectivity index (χ2n) is 4.84. The highest BCUT2D eigenvalue weighted by Gasteiger charge is 2.07. The van der Waals surface area contributed by atoms with E-state index in [-0.39, 0.29) is 0 Å². The van der Waals surface area contributed by atoms with Gasteiger partial charge >= 0.3 is 0 Å². The molecule has 0 fully saturated rings. The Kier molecular flexibility index (Phi) is 6.25. The SMILES string of the molecule is CCCNCc1ccc(-c2ccccc2CCOC)s1. The molecule has 2 nitrogen and oxygen atoms in total. The summed E-state index contributed by atoms with van der Waals surface area (Å²) in [5.41, 5.74) is 2.71. The van der Waals surface area contributed by atoms with Crippen LogP contribution in [0.2, 0.25) is 0 Å². The number of rotatable bonds is 8. The van der Waals surface area contributed by atoms with E-state index in [4.69, 9.17) is 4.74 Å². The lowest BCUT2D eigenvalue weighted by molar-refractivity contribution is 0.202. The van der Waals surface area contributed by atoms with Gasteiger partial charge in [0, 0.05) is 23.4 Å². The van der Waals surface area contributed by atoms with Crippen molar-refractivity contribution in [3.8, 4) is 10.4 Å². The molecule has 3 heteroatoms. The van der Waals surface area contributed by atoms with E-state index in [1.54, 1.807) is 7.11 Å². The molecule has 0 radical (unpaired) electrons. The molecule has 0 saturated carbocycles. The van der Waals surface area contributed by atoms with Crippen molar-refractivity contribution < 1.29 is 4.74 Å². The zero-order valence-corrected chi connectivity index (χ0v) is 13.1. The van der Waals surface area contributed by atoms with Crippen LogP contribution in [0.3, 0.4) is 0 Å². The molecule has 2 aromatic rings. The summed E-state index contributed by atoms with van der Waals surface area (Å²) in [6.45, 7) is 5.02. The molecule has 0 aliphatic rings. The Labute approximate surface area is 125 Å². The van der Waals surface area contributed by atoms with Crippen molar-refractivity contribution in [2.45, 2.75) is 26.3 Å². The van der Waals surface area contributed by atoms with Crippen LogP contribution in [0.5, 0.6) is 0 Å². The molecule has 108 valence electrons. The van der Waals surface area contributed by atoms with Gasteiger partial charge in [-0.05, 0) is 42.6 Å². The highest BCUT2D eigenvalue weighted by atomic mass is 32.1. The zero-order chi connectivity index (χ0) is 14.2. The largest absolute Gasteiger partial charge is 0.384 e. The molecule has 1 heterocycles. The smallest absolute Gasteiger partial charge is 0.0502 e. The number of ether oxygens (including phenoxy) is 1. The van der Waals surface area contributed by atoms with Gasteiger partial charge in [-0.3, -0.25) is 0 Å². The summed E-state index contributed by atoms with van der Waals surface area (Å²) in [7, 11) is 1.76. The summed E-state index contributed by atoms with van der Waals surface area (Å²) in [4.78, 5) is 2.75. The van der Waals surface area contributed by atoms with Crippen LogP contribution in [0.25, 0.3) is 10.4 Å². The Morgan fingerprint density at radius 3 is 2.80 bits per heavy atom. The van der Waals surface area contributed by atoms with Gasteiger partial charge in [-0.1, -0.05) is 31.2 Å². The number of nitrogens with one attached hydrogen (secondary N) is 1. The molecule has 1 aromatic heterocycles.